The van der Waals surface area contributed by atoms with Gasteiger partial charge in [-0.25, -0.2) is 4.98 Å². The molecule has 17 heavy (non-hydrogen) atoms. The molecule has 2 fully saturated rings. The molecule has 1 aliphatic carbocycles. The standard InChI is InChI=1S/C13H17BrN2O/c1-8-4-13(15-5-11(8)14)16-6-9-2-3-12(17)10(9)7-16/h4-5,9-10,12,17H,2-3,6-7H2,1H3. The van der Waals surface area contributed by atoms with Crippen LogP contribution in [0.3, 0.4) is 0 Å². The molecule has 2 aliphatic rings. The second-order valence-corrected chi connectivity index (χ2v) is 6.12. The van der Waals surface area contributed by atoms with Crippen LogP contribution in [-0.2, 0) is 0 Å². The maximum atomic E-state index is 9.91. The third-order valence-corrected chi connectivity index (χ3v) is 5.01. The van der Waals surface area contributed by atoms with Crippen LogP contribution in [0.15, 0.2) is 16.7 Å². The van der Waals surface area contributed by atoms with Crippen molar-refractivity contribution < 1.29 is 5.11 Å². The largest absolute Gasteiger partial charge is 0.393 e. The number of hydrogen-bond acceptors (Lipinski definition) is 3. The Labute approximate surface area is 110 Å². The molecule has 4 heteroatoms. The molecule has 1 saturated carbocycles. The second kappa shape index (κ2) is 4.25. The van der Waals surface area contributed by atoms with Crippen molar-refractivity contribution in [3.05, 3.63) is 22.3 Å². The third kappa shape index (κ3) is 1.97. The highest BCUT2D eigenvalue weighted by atomic mass is 79.9. The minimum absolute atomic E-state index is 0.0958. The fourth-order valence-electron chi connectivity index (χ4n) is 3.12. The Balaban J connectivity index is 1.80. The Kier molecular flexibility index (Phi) is 2.87. The lowest BCUT2D eigenvalue weighted by atomic mass is 10.00. The van der Waals surface area contributed by atoms with E-state index in [2.05, 4.69) is 38.8 Å². The third-order valence-electron chi connectivity index (χ3n) is 4.18. The highest BCUT2D eigenvalue weighted by Gasteiger charge is 2.42. The molecule has 0 aromatic carbocycles. The van der Waals surface area contributed by atoms with Crippen LogP contribution in [0.2, 0.25) is 0 Å². The Morgan fingerprint density at radius 1 is 1.41 bits per heavy atom. The minimum atomic E-state index is -0.0958. The predicted octanol–water partition coefficient (Wildman–Crippen LogP) is 2.36. The van der Waals surface area contributed by atoms with Gasteiger partial charge in [0.2, 0.25) is 0 Å². The Hall–Kier alpha value is -0.610. The van der Waals surface area contributed by atoms with E-state index in [1.807, 2.05) is 6.20 Å². The monoisotopic (exact) mass is 296 g/mol. The zero-order chi connectivity index (χ0) is 12.0. The van der Waals surface area contributed by atoms with Crippen LogP contribution in [0.1, 0.15) is 18.4 Å². The summed E-state index contributed by atoms with van der Waals surface area (Å²) in [5.41, 5.74) is 1.22. The number of nitrogens with zero attached hydrogens (tertiary/aromatic N) is 2. The lowest BCUT2D eigenvalue weighted by Gasteiger charge is -2.20. The van der Waals surface area contributed by atoms with Crippen LogP contribution in [0, 0.1) is 18.8 Å². The van der Waals surface area contributed by atoms with E-state index in [1.165, 1.54) is 5.56 Å². The molecular formula is C13H17BrN2O. The molecule has 0 amide bonds. The molecule has 3 unspecified atom stereocenters. The molecule has 1 aliphatic heterocycles. The highest BCUT2D eigenvalue weighted by Crippen LogP contribution is 2.39. The first-order valence-corrected chi connectivity index (χ1v) is 6.99. The van der Waals surface area contributed by atoms with Crippen LogP contribution in [0.5, 0.6) is 0 Å². The van der Waals surface area contributed by atoms with Gasteiger partial charge in [0, 0.05) is 29.7 Å². The van der Waals surface area contributed by atoms with Crippen LogP contribution in [0.4, 0.5) is 5.82 Å². The Morgan fingerprint density at radius 2 is 2.24 bits per heavy atom. The number of aliphatic hydroxyl groups is 1. The molecule has 92 valence electrons. The van der Waals surface area contributed by atoms with E-state index in [4.69, 9.17) is 0 Å². The van der Waals surface area contributed by atoms with Gasteiger partial charge in [0.1, 0.15) is 5.82 Å². The number of pyridine rings is 1. The van der Waals surface area contributed by atoms with Gasteiger partial charge in [0.15, 0.2) is 0 Å². The molecule has 0 bridgehead atoms. The van der Waals surface area contributed by atoms with Crippen LogP contribution in [0.25, 0.3) is 0 Å². The van der Waals surface area contributed by atoms with Crippen LogP contribution >= 0.6 is 15.9 Å². The first kappa shape index (κ1) is 11.5. The summed E-state index contributed by atoms with van der Waals surface area (Å²) in [5, 5.41) is 9.91. The molecule has 2 heterocycles. The fraction of sp³-hybridized carbons (Fsp3) is 0.615. The number of halogens is 1. The number of fused-ring (bicyclic) bond motifs is 1. The molecule has 0 spiro atoms. The maximum absolute atomic E-state index is 9.91. The second-order valence-electron chi connectivity index (χ2n) is 5.27. The van der Waals surface area contributed by atoms with E-state index < -0.39 is 0 Å². The summed E-state index contributed by atoms with van der Waals surface area (Å²) in [4.78, 5) is 6.79. The van der Waals surface area contributed by atoms with Gasteiger partial charge in [0.25, 0.3) is 0 Å². The van der Waals surface area contributed by atoms with E-state index in [0.29, 0.717) is 11.8 Å². The molecule has 3 nitrogen and oxygen atoms in total. The summed E-state index contributed by atoms with van der Waals surface area (Å²) in [6.07, 6.45) is 3.92. The highest BCUT2D eigenvalue weighted by molar-refractivity contribution is 9.10. The van der Waals surface area contributed by atoms with Crippen molar-refractivity contribution >= 4 is 21.7 Å². The van der Waals surface area contributed by atoms with E-state index in [0.717, 1.165) is 36.2 Å². The lowest BCUT2D eigenvalue weighted by Crippen LogP contribution is -2.25. The van der Waals surface area contributed by atoms with Crippen molar-refractivity contribution in [2.75, 3.05) is 18.0 Å². The van der Waals surface area contributed by atoms with E-state index in [9.17, 15) is 5.11 Å². The van der Waals surface area contributed by atoms with Gasteiger partial charge in [-0.15, -0.1) is 0 Å². The number of anilines is 1. The van der Waals surface area contributed by atoms with Crippen molar-refractivity contribution in [3.63, 3.8) is 0 Å². The van der Waals surface area contributed by atoms with Crippen LogP contribution < -0.4 is 4.90 Å². The first-order chi connectivity index (χ1) is 8.15. The SMILES string of the molecule is Cc1cc(N2CC3CCC(O)C3C2)ncc1Br. The quantitative estimate of drug-likeness (QED) is 0.864. The lowest BCUT2D eigenvalue weighted by molar-refractivity contribution is 0.133. The summed E-state index contributed by atoms with van der Waals surface area (Å²) in [6.45, 7) is 4.09. The molecule has 0 radical (unpaired) electrons. The van der Waals surface area contributed by atoms with Crippen molar-refractivity contribution in [1.29, 1.82) is 0 Å². The number of aryl methyl sites for hydroxylation is 1. The van der Waals surface area contributed by atoms with Gasteiger partial charge >= 0.3 is 0 Å². The number of aromatic nitrogens is 1. The van der Waals surface area contributed by atoms with Gasteiger partial charge in [0.05, 0.1) is 6.10 Å². The maximum Gasteiger partial charge on any atom is 0.128 e. The Morgan fingerprint density at radius 3 is 2.94 bits per heavy atom. The molecule has 1 aromatic heterocycles. The fourth-order valence-corrected chi connectivity index (χ4v) is 3.34. The smallest absolute Gasteiger partial charge is 0.128 e. The molecule has 1 aromatic rings. The molecular weight excluding hydrogens is 280 g/mol. The number of hydrogen-bond donors (Lipinski definition) is 1. The molecule has 1 N–H and O–H groups in total. The topological polar surface area (TPSA) is 36.4 Å². The zero-order valence-corrected chi connectivity index (χ0v) is 11.5. The average molecular weight is 297 g/mol. The summed E-state index contributed by atoms with van der Waals surface area (Å²) >= 11 is 3.48. The first-order valence-electron chi connectivity index (χ1n) is 6.20. The molecule has 3 rings (SSSR count). The minimum Gasteiger partial charge on any atom is -0.393 e. The molecule has 3 atom stereocenters. The Bertz CT molecular complexity index is 437. The number of aliphatic hydroxyl groups excluding tert-OH is 1. The van der Waals surface area contributed by atoms with E-state index in [-0.39, 0.29) is 6.10 Å². The average Bonchev–Trinajstić information content (AvgIpc) is 2.86. The van der Waals surface area contributed by atoms with Crippen molar-refractivity contribution in [3.8, 4) is 0 Å². The van der Waals surface area contributed by atoms with Crippen LogP contribution in [-0.4, -0.2) is 29.3 Å². The van der Waals surface area contributed by atoms with Gasteiger partial charge in [-0.3, -0.25) is 0 Å². The summed E-state index contributed by atoms with van der Waals surface area (Å²) < 4.78 is 1.06. The van der Waals surface area contributed by atoms with Crippen molar-refractivity contribution in [1.82, 2.24) is 4.98 Å². The summed E-state index contributed by atoms with van der Waals surface area (Å²) in [6, 6.07) is 2.12. The summed E-state index contributed by atoms with van der Waals surface area (Å²) in [5.74, 6) is 2.17. The molecule has 1 saturated heterocycles. The van der Waals surface area contributed by atoms with Crippen molar-refractivity contribution in [2.24, 2.45) is 11.8 Å². The van der Waals surface area contributed by atoms with Gasteiger partial charge < -0.3 is 10.0 Å². The van der Waals surface area contributed by atoms with Gasteiger partial charge in [-0.05, 0) is 53.2 Å². The summed E-state index contributed by atoms with van der Waals surface area (Å²) in [7, 11) is 0. The zero-order valence-electron chi connectivity index (χ0n) is 9.93. The van der Waals surface area contributed by atoms with E-state index >= 15 is 0 Å². The van der Waals surface area contributed by atoms with Gasteiger partial charge in [-0.2, -0.15) is 0 Å². The van der Waals surface area contributed by atoms with Gasteiger partial charge in [-0.1, -0.05) is 0 Å². The number of rotatable bonds is 1. The van der Waals surface area contributed by atoms with Crippen molar-refractivity contribution in [2.45, 2.75) is 25.9 Å². The predicted molar refractivity (Wildman–Crippen MR) is 71.1 cm³/mol. The normalized spacial score (nSPS) is 31.9. The van der Waals surface area contributed by atoms with E-state index in [1.54, 1.807) is 0 Å².